The smallest absolute Gasteiger partial charge is 0.239 e. The summed E-state index contributed by atoms with van der Waals surface area (Å²) in [4.78, 5) is 10.6. The summed E-state index contributed by atoms with van der Waals surface area (Å²) >= 11 is 0. The van der Waals surface area contributed by atoms with Crippen LogP contribution in [0.4, 0.5) is 11.8 Å². The van der Waals surface area contributed by atoms with Crippen molar-refractivity contribution in [2.45, 2.75) is 26.0 Å². The fraction of sp³-hybridized carbons (Fsp3) is 0.636. The fourth-order valence-electron chi connectivity index (χ4n) is 2.01. The Kier molecular flexibility index (Phi) is 3.95. The van der Waals surface area contributed by atoms with Gasteiger partial charge in [0.05, 0.1) is 25.4 Å². The number of anilines is 2. The van der Waals surface area contributed by atoms with Crippen LogP contribution in [0.15, 0.2) is 6.07 Å². The minimum atomic E-state index is -0.175. The summed E-state index contributed by atoms with van der Waals surface area (Å²) < 4.78 is 5.50. The molecule has 7 nitrogen and oxygen atoms in total. The minimum absolute atomic E-state index is 0.00921. The average molecular weight is 253 g/mol. The molecule has 4 N–H and O–H groups in total. The highest BCUT2D eigenvalue weighted by atomic mass is 16.5. The van der Waals surface area contributed by atoms with Gasteiger partial charge >= 0.3 is 0 Å². The lowest BCUT2D eigenvalue weighted by atomic mass is 10.2. The SMILES string of the molecule is Cc1cc(N2CC(CO)OCC2C)nc(NN)n1. The summed E-state index contributed by atoms with van der Waals surface area (Å²) in [6, 6.07) is 2.10. The number of aliphatic hydroxyl groups is 1. The van der Waals surface area contributed by atoms with Crippen LogP contribution in [0.3, 0.4) is 0 Å². The monoisotopic (exact) mass is 253 g/mol. The second-order valence-electron chi connectivity index (χ2n) is 4.47. The Morgan fingerprint density at radius 3 is 3.06 bits per heavy atom. The Bertz CT molecular complexity index is 414. The molecule has 1 aromatic heterocycles. The van der Waals surface area contributed by atoms with E-state index in [1.54, 1.807) is 0 Å². The molecule has 2 atom stereocenters. The van der Waals surface area contributed by atoms with Crippen molar-refractivity contribution in [3.63, 3.8) is 0 Å². The third-order valence-electron chi connectivity index (χ3n) is 2.97. The Morgan fingerprint density at radius 2 is 2.39 bits per heavy atom. The normalized spacial score (nSPS) is 24.1. The van der Waals surface area contributed by atoms with Crippen LogP contribution in [0.5, 0.6) is 0 Å². The van der Waals surface area contributed by atoms with Gasteiger partial charge in [0.25, 0.3) is 0 Å². The Morgan fingerprint density at radius 1 is 1.61 bits per heavy atom. The maximum atomic E-state index is 9.18. The van der Waals surface area contributed by atoms with Crippen molar-refractivity contribution in [1.29, 1.82) is 0 Å². The van der Waals surface area contributed by atoms with E-state index in [0.717, 1.165) is 11.5 Å². The van der Waals surface area contributed by atoms with E-state index in [9.17, 15) is 5.11 Å². The molecular weight excluding hydrogens is 234 g/mol. The van der Waals surface area contributed by atoms with E-state index in [-0.39, 0.29) is 18.8 Å². The highest BCUT2D eigenvalue weighted by Gasteiger charge is 2.27. The number of aliphatic hydroxyl groups excluding tert-OH is 1. The molecular formula is C11H19N5O2. The van der Waals surface area contributed by atoms with Gasteiger partial charge in [-0.05, 0) is 13.8 Å². The zero-order valence-corrected chi connectivity index (χ0v) is 10.6. The van der Waals surface area contributed by atoms with Gasteiger partial charge in [-0.1, -0.05) is 0 Å². The Hall–Kier alpha value is -1.44. The second-order valence-corrected chi connectivity index (χ2v) is 4.47. The maximum absolute atomic E-state index is 9.18. The zero-order chi connectivity index (χ0) is 13.1. The molecule has 1 aliphatic rings. The first-order chi connectivity index (χ1) is 8.63. The summed E-state index contributed by atoms with van der Waals surface area (Å²) in [5.41, 5.74) is 3.30. The van der Waals surface area contributed by atoms with E-state index >= 15 is 0 Å². The molecule has 1 aromatic rings. The average Bonchev–Trinajstić information content (AvgIpc) is 2.38. The molecule has 0 aromatic carbocycles. The number of nitrogens with two attached hydrogens (primary N) is 1. The molecule has 18 heavy (non-hydrogen) atoms. The molecule has 7 heteroatoms. The van der Waals surface area contributed by atoms with Gasteiger partial charge in [0.1, 0.15) is 5.82 Å². The van der Waals surface area contributed by atoms with Gasteiger partial charge < -0.3 is 14.7 Å². The van der Waals surface area contributed by atoms with Crippen molar-refractivity contribution in [1.82, 2.24) is 9.97 Å². The molecule has 0 aliphatic carbocycles. The van der Waals surface area contributed by atoms with Crippen LogP contribution >= 0.6 is 0 Å². The topological polar surface area (TPSA) is 96.5 Å². The number of nitrogens with one attached hydrogen (secondary N) is 1. The third kappa shape index (κ3) is 2.69. The number of aryl methyl sites for hydroxylation is 1. The number of ether oxygens (including phenoxy) is 1. The van der Waals surface area contributed by atoms with Crippen LogP contribution in [-0.4, -0.2) is 47.0 Å². The van der Waals surface area contributed by atoms with Crippen LogP contribution in [0.25, 0.3) is 0 Å². The molecule has 1 fully saturated rings. The first kappa shape index (κ1) is 13.0. The summed E-state index contributed by atoms with van der Waals surface area (Å²) in [7, 11) is 0. The van der Waals surface area contributed by atoms with Crippen molar-refractivity contribution in [2.24, 2.45) is 5.84 Å². The van der Waals surface area contributed by atoms with Crippen molar-refractivity contribution in [3.05, 3.63) is 11.8 Å². The predicted octanol–water partition coefficient (Wildman–Crippen LogP) is -0.343. The molecule has 0 amide bonds. The number of morpholine rings is 1. The van der Waals surface area contributed by atoms with E-state index in [2.05, 4.69) is 27.2 Å². The first-order valence-electron chi connectivity index (χ1n) is 5.95. The van der Waals surface area contributed by atoms with Crippen molar-refractivity contribution < 1.29 is 9.84 Å². The van der Waals surface area contributed by atoms with E-state index in [1.165, 1.54) is 0 Å². The molecule has 1 aliphatic heterocycles. The molecule has 2 rings (SSSR count). The van der Waals surface area contributed by atoms with Crippen LogP contribution in [0.1, 0.15) is 12.6 Å². The second kappa shape index (κ2) is 5.47. The lowest BCUT2D eigenvalue weighted by Gasteiger charge is -2.38. The van der Waals surface area contributed by atoms with Crippen molar-refractivity contribution in [2.75, 3.05) is 30.1 Å². The number of hydrogen-bond acceptors (Lipinski definition) is 7. The number of nitrogens with zero attached hydrogens (tertiary/aromatic N) is 3. The van der Waals surface area contributed by atoms with Crippen molar-refractivity contribution in [3.8, 4) is 0 Å². The number of aromatic nitrogens is 2. The first-order valence-corrected chi connectivity index (χ1v) is 5.95. The molecule has 0 bridgehead atoms. The van der Waals surface area contributed by atoms with E-state index in [4.69, 9.17) is 10.6 Å². The van der Waals surface area contributed by atoms with E-state index < -0.39 is 0 Å². The predicted molar refractivity (Wildman–Crippen MR) is 68.2 cm³/mol. The molecule has 2 heterocycles. The largest absolute Gasteiger partial charge is 0.394 e. The zero-order valence-electron chi connectivity index (χ0n) is 10.6. The number of nitrogen functional groups attached to an aromatic ring is 1. The van der Waals surface area contributed by atoms with Crippen LogP contribution in [0.2, 0.25) is 0 Å². The van der Waals surface area contributed by atoms with Gasteiger partial charge in [0, 0.05) is 18.3 Å². The Labute approximate surface area is 106 Å². The van der Waals surface area contributed by atoms with Gasteiger partial charge in [-0.25, -0.2) is 10.8 Å². The highest BCUT2D eigenvalue weighted by molar-refractivity contribution is 5.45. The van der Waals surface area contributed by atoms with Crippen LogP contribution in [-0.2, 0) is 4.74 Å². The fourth-order valence-corrected chi connectivity index (χ4v) is 2.01. The summed E-state index contributed by atoms with van der Waals surface area (Å²) in [6.07, 6.45) is -0.175. The van der Waals surface area contributed by atoms with Gasteiger partial charge in [-0.2, -0.15) is 4.98 Å². The lowest BCUT2D eigenvalue weighted by Crippen LogP contribution is -2.50. The maximum Gasteiger partial charge on any atom is 0.239 e. The minimum Gasteiger partial charge on any atom is -0.394 e. The van der Waals surface area contributed by atoms with Crippen molar-refractivity contribution >= 4 is 11.8 Å². The standard InChI is InChI=1S/C11H19N5O2/c1-7-3-10(14-11(13-7)15-12)16-4-9(5-17)18-6-8(16)2/h3,8-9,17H,4-6,12H2,1-2H3,(H,13,14,15). The molecule has 0 radical (unpaired) electrons. The highest BCUT2D eigenvalue weighted by Crippen LogP contribution is 2.21. The van der Waals surface area contributed by atoms with Crippen LogP contribution in [0, 0.1) is 6.92 Å². The van der Waals surface area contributed by atoms with Crippen LogP contribution < -0.4 is 16.2 Å². The molecule has 100 valence electrons. The van der Waals surface area contributed by atoms with E-state index in [0.29, 0.717) is 19.1 Å². The summed E-state index contributed by atoms with van der Waals surface area (Å²) in [5.74, 6) is 6.54. The van der Waals surface area contributed by atoms with Gasteiger partial charge in [-0.3, -0.25) is 5.43 Å². The quantitative estimate of drug-likeness (QED) is 0.500. The Balaban J connectivity index is 2.25. The summed E-state index contributed by atoms with van der Waals surface area (Å²) in [6.45, 7) is 5.13. The summed E-state index contributed by atoms with van der Waals surface area (Å²) in [5, 5.41) is 9.18. The lowest BCUT2D eigenvalue weighted by molar-refractivity contribution is -0.0105. The molecule has 0 spiro atoms. The molecule has 1 saturated heterocycles. The van der Waals surface area contributed by atoms with Gasteiger partial charge in [-0.15, -0.1) is 0 Å². The number of hydrogen-bond donors (Lipinski definition) is 3. The van der Waals surface area contributed by atoms with Gasteiger partial charge in [0.15, 0.2) is 0 Å². The third-order valence-corrected chi connectivity index (χ3v) is 2.97. The molecule has 0 saturated carbocycles. The van der Waals surface area contributed by atoms with Gasteiger partial charge in [0.2, 0.25) is 5.95 Å². The van der Waals surface area contributed by atoms with E-state index in [1.807, 2.05) is 13.0 Å². The number of hydrazine groups is 1. The molecule has 2 unspecified atom stereocenters. The number of rotatable bonds is 3.